The molecule has 32 heavy (non-hydrogen) atoms. The average Bonchev–Trinajstić information content (AvgIpc) is 2.80. The predicted octanol–water partition coefficient (Wildman–Crippen LogP) is 4.87. The molecule has 3 aromatic rings. The van der Waals surface area contributed by atoms with Gasteiger partial charge in [-0.1, -0.05) is 36.4 Å². The van der Waals surface area contributed by atoms with Crippen molar-refractivity contribution in [2.24, 2.45) is 0 Å². The van der Waals surface area contributed by atoms with Crippen molar-refractivity contribution in [3.63, 3.8) is 0 Å². The SMILES string of the molecule is Cc1ccc(NC(=O)/C(C#N)=C/c2ccc(OCC(=O)Nc3ccccc3)cc2)cc1C. The van der Waals surface area contributed by atoms with Gasteiger partial charge < -0.3 is 15.4 Å². The van der Waals surface area contributed by atoms with Crippen LogP contribution in [0.1, 0.15) is 16.7 Å². The average molecular weight is 425 g/mol. The van der Waals surface area contributed by atoms with Gasteiger partial charge in [-0.2, -0.15) is 5.26 Å². The standard InChI is InChI=1S/C26H23N3O3/c1-18-8-11-23(14-19(18)2)29-26(31)21(16-27)15-20-9-12-24(13-10-20)32-17-25(30)28-22-6-4-3-5-7-22/h3-15H,17H2,1-2H3,(H,28,30)(H,29,31)/b21-15+. The Morgan fingerprint density at radius 2 is 1.62 bits per heavy atom. The van der Waals surface area contributed by atoms with Gasteiger partial charge in [0.25, 0.3) is 11.8 Å². The number of ether oxygens (including phenoxy) is 1. The van der Waals surface area contributed by atoms with Crippen molar-refractivity contribution in [1.82, 2.24) is 0 Å². The number of anilines is 2. The van der Waals surface area contributed by atoms with Gasteiger partial charge in [-0.25, -0.2) is 0 Å². The van der Waals surface area contributed by atoms with E-state index in [1.54, 1.807) is 42.5 Å². The van der Waals surface area contributed by atoms with Gasteiger partial charge in [0.05, 0.1) is 0 Å². The molecular formula is C26H23N3O3. The number of nitriles is 1. The van der Waals surface area contributed by atoms with Crippen molar-refractivity contribution in [2.45, 2.75) is 13.8 Å². The molecule has 0 bridgehead atoms. The maximum Gasteiger partial charge on any atom is 0.266 e. The number of amides is 2. The molecule has 0 aliphatic rings. The van der Waals surface area contributed by atoms with Crippen molar-refractivity contribution < 1.29 is 14.3 Å². The fraction of sp³-hybridized carbons (Fsp3) is 0.115. The Hall–Kier alpha value is -4.37. The van der Waals surface area contributed by atoms with Gasteiger partial charge >= 0.3 is 0 Å². The third-order valence-corrected chi connectivity index (χ3v) is 4.75. The normalized spacial score (nSPS) is 10.7. The second kappa shape index (κ2) is 10.6. The molecule has 6 nitrogen and oxygen atoms in total. The Morgan fingerprint density at radius 1 is 0.906 bits per heavy atom. The summed E-state index contributed by atoms with van der Waals surface area (Å²) < 4.78 is 5.50. The summed E-state index contributed by atoms with van der Waals surface area (Å²) in [6.07, 6.45) is 1.50. The zero-order chi connectivity index (χ0) is 22.9. The van der Waals surface area contributed by atoms with Gasteiger partial charge in [-0.15, -0.1) is 0 Å². The first-order chi connectivity index (χ1) is 15.4. The topological polar surface area (TPSA) is 91.2 Å². The lowest BCUT2D eigenvalue weighted by atomic mass is 10.1. The zero-order valence-corrected chi connectivity index (χ0v) is 17.9. The highest BCUT2D eigenvalue weighted by molar-refractivity contribution is 6.09. The molecule has 2 N–H and O–H groups in total. The molecule has 0 aliphatic heterocycles. The molecule has 0 aliphatic carbocycles. The fourth-order valence-electron chi connectivity index (χ4n) is 2.86. The summed E-state index contributed by atoms with van der Waals surface area (Å²) in [6, 6.07) is 23.4. The third-order valence-electron chi connectivity index (χ3n) is 4.75. The van der Waals surface area contributed by atoms with E-state index in [0.29, 0.717) is 22.7 Å². The monoisotopic (exact) mass is 425 g/mol. The van der Waals surface area contributed by atoms with Crippen LogP contribution in [-0.4, -0.2) is 18.4 Å². The van der Waals surface area contributed by atoms with Gasteiger partial charge in [-0.3, -0.25) is 9.59 Å². The molecule has 2 amide bonds. The summed E-state index contributed by atoms with van der Waals surface area (Å²) in [4.78, 5) is 24.4. The highest BCUT2D eigenvalue weighted by Gasteiger charge is 2.10. The maximum absolute atomic E-state index is 12.5. The molecule has 0 atom stereocenters. The smallest absolute Gasteiger partial charge is 0.266 e. The fourth-order valence-corrected chi connectivity index (χ4v) is 2.86. The molecule has 0 fully saturated rings. The van der Waals surface area contributed by atoms with E-state index in [4.69, 9.17) is 4.74 Å². The molecule has 160 valence electrons. The second-order valence-corrected chi connectivity index (χ2v) is 7.19. The van der Waals surface area contributed by atoms with E-state index in [1.807, 2.05) is 50.2 Å². The Morgan fingerprint density at radius 3 is 2.28 bits per heavy atom. The van der Waals surface area contributed by atoms with Gasteiger partial charge in [0.15, 0.2) is 6.61 Å². The maximum atomic E-state index is 12.5. The molecule has 0 unspecified atom stereocenters. The quantitative estimate of drug-likeness (QED) is 0.417. The number of hydrogen-bond donors (Lipinski definition) is 2. The van der Waals surface area contributed by atoms with Crippen molar-refractivity contribution in [3.05, 3.63) is 95.1 Å². The minimum Gasteiger partial charge on any atom is -0.484 e. The van der Waals surface area contributed by atoms with Gasteiger partial charge in [0.2, 0.25) is 0 Å². The molecule has 3 rings (SSSR count). The summed E-state index contributed by atoms with van der Waals surface area (Å²) in [6.45, 7) is 3.82. The molecule has 0 aromatic heterocycles. The number of benzene rings is 3. The predicted molar refractivity (Wildman–Crippen MR) is 125 cm³/mol. The van der Waals surface area contributed by atoms with Crippen LogP contribution in [0.3, 0.4) is 0 Å². The molecule has 0 spiro atoms. The van der Waals surface area contributed by atoms with Crippen LogP contribution in [0, 0.1) is 25.2 Å². The Bertz CT molecular complexity index is 1180. The van der Waals surface area contributed by atoms with E-state index in [0.717, 1.165) is 11.1 Å². The van der Waals surface area contributed by atoms with Crippen LogP contribution < -0.4 is 15.4 Å². The molecule has 3 aromatic carbocycles. The molecule has 6 heteroatoms. The summed E-state index contributed by atoms with van der Waals surface area (Å²) in [5.74, 6) is -0.243. The van der Waals surface area contributed by atoms with Crippen LogP contribution in [0.5, 0.6) is 5.75 Å². The van der Waals surface area contributed by atoms with Gasteiger partial charge in [-0.05, 0) is 73.0 Å². The third kappa shape index (κ3) is 6.31. The van der Waals surface area contributed by atoms with E-state index in [2.05, 4.69) is 10.6 Å². The second-order valence-electron chi connectivity index (χ2n) is 7.19. The van der Waals surface area contributed by atoms with E-state index < -0.39 is 5.91 Å². The summed E-state index contributed by atoms with van der Waals surface area (Å²) >= 11 is 0. The zero-order valence-electron chi connectivity index (χ0n) is 17.9. The Kier molecular flexibility index (Phi) is 7.39. The van der Waals surface area contributed by atoms with Gasteiger partial charge in [0, 0.05) is 11.4 Å². The summed E-state index contributed by atoms with van der Waals surface area (Å²) in [7, 11) is 0. The molecular weight excluding hydrogens is 402 g/mol. The lowest BCUT2D eigenvalue weighted by molar-refractivity contribution is -0.118. The molecule has 0 radical (unpaired) electrons. The van der Waals surface area contributed by atoms with E-state index in [9.17, 15) is 14.9 Å². The number of nitrogens with one attached hydrogen (secondary N) is 2. The van der Waals surface area contributed by atoms with Gasteiger partial charge in [0.1, 0.15) is 17.4 Å². The van der Waals surface area contributed by atoms with Crippen LogP contribution >= 0.6 is 0 Å². The summed E-state index contributed by atoms with van der Waals surface area (Å²) in [5.41, 5.74) is 4.16. The minimum atomic E-state index is -0.478. The number of rotatable bonds is 7. The lowest BCUT2D eigenvalue weighted by Gasteiger charge is -2.08. The van der Waals surface area contributed by atoms with Crippen molar-refractivity contribution in [1.29, 1.82) is 5.26 Å². The number of para-hydroxylation sites is 1. The molecule has 0 heterocycles. The number of nitrogens with zero attached hydrogens (tertiary/aromatic N) is 1. The first kappa shape index (κ1) is 22.3. The van der Waals surface area contributed by atoms with Crippen LogP contribution in [-0.2, 0) is 9.59 Å². The van der Waals surface area contributed by atoms with E-state index in [1.165, 1.54) is 6.08 Å². The lowest BCUT2D eigenvalue weighted by Crippen LogP contribution is -2.20. The van der Waals surface area contributed by atoms with Crippen LogP contribution in [0.2, 0.25) is 0 Å². The summed E-state index contributed by atoms with van der Waals surface area (Å²) in [5, 5.41) is 14.9. The van der Waals surface area contributed by atoms with Crippen LogP contribution in [0.25, 0.3) is 6.08 Å². The highest BCUT2D eigenvalue weighted by Crippen LogP contribution is 2.17. The molecule has 0 saturated carbocycles. The van der Waals surface area contributed by atoms with Crippen LogP contribution in [0.4, 0.5) is 11.4 Å². The first-order valence-corrected chi connectivity index (χ1v) is 10.0. The number of aryl methyl sites for hydroxylation is 2. The first-order valence-electron chi connectivity index (χ1n) is 10.0. The Labute approximate surface area is 187 Å². The van der Waals surface area contributed by atoms with Crippen molar-refractivity contribution in [3.8, 4) is 11.8 Å². The number of carbonyl (C=O) groups is 2. The highest BCUT2D eigenvalue weighted by atomic mass is 16.5. The van der Waals surface area contributed by atoms with Crippen molar-refractivity contribution in [2.75, 3.05) is 17.2 Å². The van der Waals surface area contributed by atoms with E-state index >= 15 is 0 Å². The minimum absolute atomic E-state index is 0.0147. The Balaban J connectivity index is 1.58. The largest absolute Gasteiger partial charge is 0.484 e. The van der Waals surface area contributed by atoms with E-state index in [-0.39, 0.29) is 18.1 Å². The van der Waals surface area contributed by atoms with Crippen LogP contribution in [0.15, 0.2) is 78.4 Å². The number of carbonyl (C=O) groups excluding carboxylic acids is 2. The molecule has 0 saturated heterocycles. The van der Waals surface area contributed by atoms with Crippen molar-refractivity contribution >= 4 is 29.3 Å². The number of hydrogen-bond acceptors (Lipinski definition) is 4.